The minimum atomic E-state index is -0.800. The maximum atomic E-state index is 13.8. The molecule has 0 unspecified atom stereocenters. The molecule has 1 aliphatic heterocycles. The van der Waals surface area contributed by atoms with Crippen molar-refractivity contribution in [3.63, 3.8) is 0 Å². The number of nitrogens with one attached hydrogen (secondary N) is 2. The molecular weight excluding hydrogens is 402 g/mol. The molecule has 7 heteroatoms. The van der Waals surface area contributed by atoms with Gasteiger partial charge in [0.15, 0.2) is 0 Å². The highest BCUT2D eigenvalue weighted by Gasteiger charge is 2.54. The van der Waals surface area contributed by atoms with Crippen molar-refractivity contribution in [2.24, 2.45) is 17.4 Å². The molecule has 6 N–H and O–H groups in total. The fourth-order valence-corrected chi connectivity index (χ4v) is 5.80. The quantitative estimate of drug-likeness (QED) is 0.411. The lowest BCUT2D eigenvalue weighted by Crippen LogP contribution is -2.62. The molecule has 2 fully saturated rings. The summed E-state index contributed by atoms with van der Waals surface area (Å²) >= 11 is 0. The average Bonchev–Trinajstić information content (AvgIpc) is 3.28. The molecule has 4 rings (SSSR count). The second-order valence-corrected chi connectivity index (χ2v) is 9.03. The number of nitrogens with two attached hydrogens (primary N) is 2. The van der Waals surface area contributed by atoms with E-state index >= 15 is 0 Å². The van der Waals surface area contributed by atoms with Gasteiger partial charge < -0.3 is 21.7 Å². The third-order valence-corrected chi connectivity index (χ3v) is 7.31. The van der Waals surface area contributed by atoms with Crippen LogP contribution in [0.1, 0.15) is 56.1 Å². The lowest BCUT2D eigenvalue weighted by atomic mass is 9.72. The summed E-state index contributed by atoms with van der Waals surface area (Å²) in [5.41, 5.74) is 12.3. The molecule has 1 heterocycles. The van der Waals surface area contributed by atoms with E-state index in [4.69, 9.17) is 16.9 Å². The maximum Gasteiger partial charge on any atom is 0.246 e. The number of benzene rings is 2. The summed E-state index contributed by atoms with van der Waals surface area (Å²) in [6.45, 7) is 0.881. The van der Waals surface area contributed by atoms with Crippen LogP contribution in [0.15, 0.2) is 36.4 Å². The maximum absolute atomic E-state index is 13.8. The lowest BCUT2D eigenvalue weighted by Gasteiger charge is -2.44. The van der Waals surface area contributed by atoms with Gasteiger partial charge in [-0.05, 0) is 47.9 Å². The SMILES string of the molecule is N=C(N)c1ccc(CNC(=O)[C@]2(C3CCCCC3)CCCN2C(=O)CN)c2ccccc12. The number of amides is 2. The predicted molar refractivity (Wildman–Crippen MR) is 126 cm³/mol. The van der Waals surface area contributed by atoms with Gasteiger partial charge in [0.2, 0.25) is 11.8 Å². The van der Waals surface area contributed by atoms with Crippen molar-refractivity contribution in [1.82, 2.24) is 10.2 Å². The van der Waals surface area contributed by atoms with Crippen LogP contribution in [0.3, 0.4) is 0 Å². The van der Waals surface area contributed by atoms with Gasteiger partial charge in [0.1, 0.15) is 11.4 Å². The second-order valence-electron chi connectivity index (χ2n) is 9.03. The fraction of sp³-hybridized carbons (Fsp3) is 0.480. The number of likely N-dealkylation sites (tertiary alicyclic amines) is 1. The zero-order valence-electron chi connectivity index (χ0n) is 18.5. The number of fused-ring (bicyclic) bond motifs is 1. The molecule has 1 saturated heterocycles. The van der Waals surface area contributed by atoms with E-state index in [9.17, 15) is 9.59 Å². The zero-order valence-corrected chi connectivity index (χ0v) is 18.5. The van der Waals surface area contributed by atoms with E-state index in [1.165, 1.54) is 6.42 Å². The molecule has 0 bridgehead atoms. The molecule has 32 heavy (non-hydrogen) atoms. The smallest absolute Gasteiger partial charge is 0.246 e. The van der Waals surface area contributed by atoms with E-state index in [0.29, 0.717) is 25.1 Å². The standard InChI is InChI=1S/C25H33N5O2/c26-15-22(31)30-14-6-13-25(30,18-7-2-1-3-8-18)24(32)29-16-17-11-12-21(23(27)28)20-10-5-4-9-19(17)20/h4-5,9-12,18H,1-3,6-8,13-16,26H2,(H3,27,28)(H,29,32)/t25-/m1/s1. The van der Waals surface area contributed by atoms with Crippen LogP contribution in [0.4, 0.5) is 0 Å². The summed E-state index contributed by atoms with van der Waals surface area (Å²) in [6, 6.07) is 11.6. The van der Waals surface area contributed by atoms with Crippen LogP contribution in [0, 0.1) is 11.3 Å². The number of carbonyl (C=O) groups excluding carboxylic acids is 2. The summed E-state index contributed by atoms with van der Waals surface area (Å²) in [7, 11) is 0. The number of hydrogen-bond donors (Lipinski definition) is 4. The Morgan fingerprint density at radius 1 is 1.06 bits per heavy atom. The van der Waals surface area contributed by atoms with Crippen LogP contribution in [-0.4, -0.2) is 41.2 Å². The van der Waals surface area contributed by atoms with Gasteiger partial charge in [-0.15, -0.1) is 0 Å². The molecule has 0 spiro atoms. The lowest BCUT2D eigenvalue weighted by molar-refractivity contribution is -0.148. The van der Waals surface area contributed by atoms with E-state index in [2.05, 4.69) is 5.32 Å². The van der Waals surface area contributed by atoms with Crippen molar-refractivity contribution in [3.8, 4) is 0 Å². The first-order chi connectivity index (χ1) is 15.5. The molecule has 170 valence electrons. The first-order valence-corrected chi connectivity index (χ1v) is 11.6. The average molecular weight is 436 g/mol. The first kappa shape index (κ1) is 22.3. The van der Waals surface area contributed by atoms with Gasteiger partial charge in [-0.3, -0.25) is 15.0 Å². The van der Waals surface area contributed by atoms with Gasteiger partial charge in [0.05, 0.1) is 6.54 Å². The highest BCUT2D eigenvalue weighted by Crippen LogP contribution is 2.43. The van der Waals surface area contributed by atoms with Crippen LogP contribution in [0.2, 0.25) is 0 Å². The summed E-state index contributed by atoms with van der Waals surface area (Å²) in [5, 5.41) is 12.9. The van der Waals surface area contributed by atoms with Gasteiger partial charge in [-0.1, -0.05) is 55.7 Å². The van der Waals surface area contributed by atoms with Crippen LogP contribution in [0.25, 0.3) is 10.8 Å². The Hall–Kier alpha value is -2.93. The second kappa shape index (κ2) is 9.28. The zero-order chi connectivity index (χ0) is 22.7. The molecule has 0 radical (unpaired) electrons. The topological polar surface area (TPSA) is 125 Å². The number of amidine groups is 1. The molecule has 2 amide bonds. The largest absolute Gasteiger partial charge is 0.384 e. The predicted octanol–water partition coefficient (Wildman–Crippen LogP) is 2.64. The third kappa shape index (κ3) is 3.86. The van der Waals surface area contributed by atoms with E-state index in [-0.39, 0.29) is 30.1 Å². The van der Waals surface area contributed by atoms with Crippen molar-refractivity contribution in [2.75, 3.05) is 13.1 Å². The van der Waals surface area contributed by atoms with Gasteiger partial charge in [0.25, 0.3) is 0 Å². The molecule has 2 aromatic rings. The number of hydrogen-bond acceptors (Lipinski definition) is 4. The summed E-state index contributed by atoms with van der Waals surface area (Å²) in [4.78, 5) is 28.3. The molecule has 1 saturated carbocycles. The molecule has 1 atom stereocenters. The first-order valence-electron chi connectivity index (χ1n) is 11.6. The number of nitrogen functional groups attached to an aromatic ring is 1. The molecule has 2 aromatic carbocycles. The Morgan fingerprint density at radius 3 is 2.47 bits per heavy atom. The molecule has 2 aliphatic rings. The minimum absolute atomic E-state index is 0.0231. The van der Waals surface area contributed by atoms with Gasteiger partial charge in [0, 0.05) is 18.7 Å². The van der Waals surface area contributed by atoms with Gasteiger partial charge in [-0.25, -0.2) is 0 Å². The van der Waals surface area contributed by atoms with Crippen LogP contribution in [-0.2, 0) is 16.1 Å². The van der Waals surface area contributed by atoms with Crippen molar-refractivity contribution in [3.05, 3.63) is 47.5 Å². The Morgan fingerprint density at radius 2 is 1.78 bits per heavy atom. The van der Waals surface area contributed by atoms with Gasteiger partial charge >= 0.3 is 0 Å². The van der Waals surface area contributed by atoms with Gasteiger partial charge in [-0.2, -0.15) is 0 Å². The summed E-state index contributed by atoms with van der Waals surface area (Å²) in [5.74, 6) is -0.0103. The van der Waals surface area contributed by atoms with Crippen molar-refractivity contribution >= 4 is 28.4 Å². The highest BCUT2D eigenvalue weighted by atomic mass is 16.2. The van der Waals surface area contributed by atoms with Crippen molar-refractivity contribution in [1.29, 1.82) is 5.41 Å². The van der Waals surface area contributed by atoms with Crippen LogP contribution >= 0.6 is 0 Å². The van der Waals surface area contributed by atoms with E-state index in [1.54, 1.807) is 4.90 Å². The Balaban J connectivity index is 1.63. The van der Waals surface area contributed by atoms with E-state index in [0.717, 1.165) is 48.4 Å². The monoisotopic (exact) mass is 435 g/mol. The molecule has 1 aliphatic carbocycles. The highest BCUT2D eigenvalue weighted by molar-refractivity contribution is 6.08. The molecule has 7 nitrogen and oxygen atoms in total. The number of rotatable bonds is 6. The summed E-state index contributed by atoms with van der Waals surface area (Å²) < 4.78 is 0. The normalized spacial score (nSPS) is 21.6. The Labute approximate surface area is 189 Å². The Bertz CT molecular complexity index is 1030. The minimum Gasteiger partial charge on any atom is -0.384 e. The van der Waals surface area contributed by atoms with Crippen molar-refractivity contribution < 1.29 is 9.59 Å². The Kier molecular flexibility index (Phi) is 6.46. The van der Waals surface area contributed by atoms with Crippen LogP contribution < -0.4 is 16.8 Å². The fourth-order valence-electron chi connectivity index (χ4n) is 5.80. The molecular formula is C25H33N5O2. The van der Waals surface area contributed by atoms with E-state index < -0.39 is 5.54 Å². The van der Waals surface area contributed by atoms with E-state index in [1.807, 2.05) is 36.4 Å². The molecule has 0 aromatic heterocycles. The third-order valence-electron chi connectivity index (χ3n) is 7.31. The van der Waals surface area contributed by atoms with Crippen molar-refractivity contribution in [2.45, 2.75) is 57.0 Å². The number of nitrogens with zero attached hydrogens (tertiary/aromatic N) is 1. The van der Waals surface area contributed by atoms with Crippen LogP contribution in [0.5, 0.6) is 0 Å². The summed E-state index contributed by atoms with van der Waals surface area (Å²) in [6.07, 6.45) is 6.84. The number of carbonyl (C=O) groups is 2.